The van der Waals surface area contributed by atoms with Gasteiger partial charge in [-0.25, -0.2) is 4.98 Å². The number of ketones is 1. The van der Waals surface area contributed by atoms with Crippen molar-refractivity contribution in [2.24, 2.45) is 0 Å². The molecule has 1 atom stereocenters. The standard InChI is InChI=1S/C18H17N3O4/c22-15(16-2-1-8-25-16)11-14-12-24-9-7-21(14)18(23)13-3-5-20-6-4-19-17(20)10-13/h1-6,8,10,14H,7,9,11-12H2. The molecule has 0 aromatic carbocycles. The molecule has 0 radical (unpaired) electrons. The van der Waals surface area contributed by atoms with Crippen molar-refractivity contribution in [2.75, 3.05) is 19.8 Å². The molecule has 128 valence electrons. The average Bonchev–Trinajstić information content (AvgIpc) is 3.32. The second-order valence-electron chi connectivity index (χ2n) is 5.94. The van der Waals surface area contributed by atoms with Gasteiger partial charge >= 0.3 is 0 Å². The number of nitrogens with zero attached hydrogens (tertiary/aromatic N) is 3. The molecule has 1 saturated heterocycles. The molecule has 1 fully saturated rings. The third kappa shape index (κ3) is 3.06. The highest BCUT2D eigenvalue weighted by atomic mass is 16.5. The fourth-order valence-electron chi connectivity index (χ4n) is 3.05. The normalized spacial score (nSPS) is 17.8. The van der Waals surface area contributed by atoms with E-state index >= 15 is 0 Å². The van der Waals surface area contributed by atoms with Crippen LogP contribution in [0.1, 0.15) is 27.3 Å². The van der Waals surface area contributed by atoms with Crippen LogP contribution < -0.4 is 0 Å². The van der Waals surface area contributed by atoms with Crippen LogP contribution in [0.3, 0.4) is 0 Å². The van der Waals surface area contributed by atoms with E-state index < -0.39 is 0 Å². The minimum Gasteiger partial charge on any atom is -0.461 e. The molecule has 25 heavy (non-hydrogen) atoms. The number of pyridine rings is 1. The molecule has 0 bridgehead atoms. The van der Waals surface area contributed by atoms with E-state index in [4.69, 9.17) is 9.15 Å². The summed E-state index contributed by atoms with van der Waals surface area (Å²) in [6.07, 6.45) is 6.95. The fourth-order valence-corrected chi connectivity index (χ4v) is 3.05. The third-order valence-electron chi connectivity index (χ3n) is 4.35. The van der Waals surface area contributed by atoms with Crippen LogP contribution in [0.2, 0.25) is 0 Å². The molecule has 7 nitrogen and oxygen atoms in total. The first kappa shape index (κ1) is 15.6. The Balaban J connectivity index is 1.55. The Morgan fingerprint density at radius 2 is 2.20 bits per heavy atom. The van der Waals surface area contributed by atoms with Gasteiger partial charge in [0.1, 0.15) is 5.65 Å². The van der Waals surface area contributed by atoms with Gasteiger partial charge in [-0.3, -0.25) is 9.59 Å². The molecule has 4 rings (SSSR count). The Morgan fingerprint density at radius 3 is 3.04 bits per heavy atom. The molecule has 7 heteroatoms. The van der Waals surface area contributed by atoms with Gasteiger partial charge in [0, 0.05) is 37.1 Å². The van der Waals surface area contributed by atoms with E-state index in [0.29, 0.717) is 36.7 Å². The number of fused-ring (bicyclic) bond motifs is 1. The number of carbonyl (C=O) groups is 2. The number of Topliss-reactive ketones (excluding diaryl/α,β-unsaturated/α-hetero) is 1. The molecule has 3 aromatic rings. The molecule has 1 aliphatic heterocycles. The van der Waals surface area contributed by atoms with Crippen LogP contribution in [-0.2, 0) is 4.74 Å². The first-order valence-corrected chi connectivity index (χ1v) is 8.10. The van der Waals surface area contributed by atoms with E-state index in [9.17, 15) is 9.59 Å². The van der Waals surface area contributed by atoms with Crippen molar-refractivity contribution in [3.05, 3.63) is 60.4 Å². The van der Waals surface area contributed by atoms with Crippen molar-refractivity contribution < 1.29 is 18.7 Å². The number of aromatic nitrogens is 2. The summed E-state index contributed by atoms with van der Waals surface area (Å²) in [5.74, 6) is 0.0461. The van der Waals surface area contributed by atoms with Crippen LogP contribution in [0.25, 0.3) is 5.65 Å². The van der Waals surface area contributed by atoms with Crippen molar-refractivity contribution >= 4 is 17.3 Å². The van der Waals surface area contributed by atoms with E-state index in [2.05, 4.69) is 4.98 Å². The minimum absolute atomic E-state index is 0.119. The van der Waals surface area contributed by atoms with E-state index in [-0.39, 0.29) is 24.2 Å². The number of amides is 1. The highest BCUT2D eigenvalue weighted by molar-refractivity contribution is 5.97. The quantitative estimate of drug-likeness (QED) is 0.680. The zero-order valence-corrected chi connectivity index (χ0v) is 13.5. The summed E-state index contributed by atoms with van der Waals surface area (Å²) in [6.45, 7) is 1.25. The minimum atomic E-state index is -0.310. The summed E-state index contributed by atoms with van der Waals surface area (Å²) in [5, 5.41) is 0. The van der Waals surface area contributed by atoms with Gasteiger partial charge in [0.2, 0.25) is 0 Å². The van der Waals surface area contributed by atoms with Crippen LogP contribution in [0.5, 0.6) is 0 Å². The van der Waals surface area contributed by atoms with Gasteiger partial charge in [0.05, 0.1) is 25.5 Å². The highest BCUT2D eigenvalue weighted by Crippen LogP contribution is 2.18. The number of hydrogen-bond donors (Lipinski definition) is 0. The largest absolute Gasteiger partial charge is 0.461 e. The van der Waals surface area contributed by atoms with Gasteiger partial charge < -0.3 is 18.5 Å². The molecule has 1 unspecified atom stereocenters. The summed E-state index contributed by atoms with van der Waals surface area (Å²) in [7, 11) is 0. The predicted octanol–water partition coefficient (Wildman–Crippen LogP) is 2.04. The van der Waals surface area contributed by atoms with Gasteiger partial charge in [-0.2, -0.15) is 0 Å². The van der Waals surface area contributed by atoms with Gasteiger partial charge in [-0.15, -0.1) is 0 Å². The topological polar surface area (TPSA) is 77.0 Å². The molecule has 0 saturated carbocycles. The summed E-state index contributed by atoms with van der Waals surface area (Å²) < 4.78 is 12.5. The zero-order valence-electron chi connectivity index (χ0n) is 13.5. The lowest BCUT2D eigenvalue weighted by Crippen LogP contribution is -2.49. The summed E-state index contributed by atoms with van der Waals surface area (Å²) in [5.41, 5.74) is 1.26. The third-order valence-corrected chi connectivity index (χ3v) is 4.35. The number of imidazole rings is 1. The van der Waals surface area contributed by atoms with Crippen LogP contribution in [0.15, 0.2) is 53.5 Å². The zero-order chi connectivity index (χ0) is 17.2. The monoisotopic (exact) mass is 339 g/mol. The Kier molecular flexibility index (Phi) is 4.07. The first-order valence-electron chi connectivity index (χ1n) is 8.10. The van der Waals surface area contributed by atoms with Crippen molar-refractivity contribution in [1.82, 2.24) is 14.3 Å². The summed E-state index contributed by atoms with van der Waals surface area (Å²) in [4.78, 5) is 31.2. The van der Waals surface area contributed by atoms with Crippen molar-refractivity contribution in [1.29, 1.82) is 0 Å². The van der Waals surface area contributed by atoms with Crippen LogP contribution >= 0.6 is 0 Å². The SMILES string of the molecule is O=C(CC1COCCN1C(=O)c1ccn2ccnc2c1)c1ccco1. The number of morpholine rings is 1. The molecule has 0 N–H and O–H groups in total. The molecular weight excluding hydrogens is 322 g/mol. The second kappa shape index (κ2) is 6.52. The van der Waals surface area contributed by atoms with Gasteiger partial charge in [0.25, 0.3) is 5.91 Å². The molecule has 4 heterocycles. The van der Waals surface area contributed by atoms with E-state index in [0.717, 1.165) is 0 Å². The lowest BCUT2D eigenvalue weighted by atomic mass is 10.1. The fraction of sp³-hybridized carbons (Fsp3) is 0.278. The van der Waals surface area contributed by atoms with E-state index in [1.165, 1.54) is 6.26 Å². The highest BCUT2D eigenvalue weighted by Gasteiger charge is 2.30. The number of furan rings is 1. The molecule has 0 aliphatic carbocycles. The lowest BCUT2D eigenvalue weighted by Gasteiger charge is -2.35. The Bertz CT molecular complexity index is 900. The Labute approximate surface area is 143 Å². The van der Waals surface area contributed by atoms with E-state index in [1.54, 1.807) is 41.6 Å². The van der Waals surface area contributed by atoms with Crippen LogP contribution in [0, 0.1) is 0 Å². The van der Waals surface area contributed by atoms with Gasteiger partial charge in [-0.1, -0.05) is 0 Å². The summed E-state index contributed by atoms with van der Waals surface area (Å²) >= 11 is 0. The Hall–Kier alpha value is -2.93. The summed E-state index contributed by atoms with van der Waals surface area (Å²) in [6, 6.07) is 6.51. The maximum absolute atomic E-state index is 12.9. The van der Waals surface area contributed by atoms with Crippen LogP contribution in [0.4, 0.5) is 0 Å². The average molecular weight is 339 g/mol. The maximum Gasteiger partial charge on any atom is 0.254 e. The number of ether oxygens (including phenoxy) is 1. The lowest BCUT2D eigenvalue weighted by molar-refractivity contribution is -0.00303. The number of hydrogen-bond acceptors (Lipinski definition) is 5. The number of carbonyl (C=O) groups excluding carboxylic acids is 2. The van der Waals surface area contributed by atoms with Gasteiger partial charge in [-0.05, 0) is 24.3 Å². The Morgan fingerprint density at radius 1 is 1.28 bits per heavy atom. The van der Waals surface area contributed by atoms with Gasteiger partial charge in [0.15, 0.2) is 11.5 Å². The first-order chi connectivity index (χ1) is 12.2. The van der Waals surface area contributed by atoms with Crippen molar-refractivity contribution in [2.45, 2.75) is 12.5 Å². The smallest absolute Gasteiger partial charge is 0.254 e. The van der Waals surface area contributed by atoms with E-state index in [1.807, 2.05) is 10.6 Å². The van der Waals surface area contributed by atoms with Crippen molar-refractivity contribution in [3.63, 3.8) is 0 Å². The molecular formula is C18H17N3O4. The van der Waals surface area contributed by atoms with Crippen LogP contribution in [-0.4, -0.2) is 51.8 Å². The molecule has 1 amide bonds. The number of rotatable bonds is 4. The second-order valence-corrected chi connectivity index (χ2v) is 5.94. The predicted molar refractivity (Wildman–Crippen MR) is 88.5 cm³/mol. The van der Waals surface area contributed by atoms with Crippen molar-refractivity contribution in [3.8, 4) is 0 Å². The maximum atomic E-state index is 12.9. The molecule has 3 aromatic heterocycles. The molecule has 1 aliphatic rings. The molecule has 0 spiro atoms.